The number of aliphatic hydroxyl groups is 2. The molecule has 4 nitrogen and oxygen atoms in total. The summed E-state index contributed by atoms with van der Waals surface area (Å²) in [6.07, 6.45) is 0. The highest BCUT2D eigenvalue weighted by molar-refractivity contribution is 9.10. The Balaban J connectivity index is 2.64. The van der Waals surface area contributed by atoms with E-state index < -0.39 is 12.2 Å². The summed E-state index contributed by atoms with van der Waals surface area (Å²) in [4.78, 5) is 11.7. The van der Waals surface area contributed by atoms with E-state index in [-0.39, 0.29) is 12.5 Å². The van der Waals surface area contributed by atoms with Gasteiger partial charge in [-0.1, -0.05) is 12.1 Å². The molecule has 88 valence electrons. The maximum atomic E-state index is 11.7. The Morgan fingerprint density at radius 2 is 2.12 bits per heavy atom. The number of carbonyl (C=O) groups excluding carboxylic acids is 1. The number of halogens is 1. The van der Waals surface area contributed by atoms with Gasteiger partial charge in [0.2, 0.25) is 0 Å². The fraction of sp³-hybridized carbons (Fsp3) is 0.364. The van der Waals surface area contributed by atoms with Crippen LogP contribution in [0.15, 0.2) is 28.7 Å². The van der Waals surface area contributed by atoms with E-state index in [2.05, 4.69) is 21.2 Å². The van der Waals surface area contributed by atoms with Gasteiger partial charge >= 0.3 is 0 Å². The molecule has 1 rings (SSSR count). The van der Waals surface area contributed by atoms with Crippen molar-refractivity contribution in [3.05, 3.63) is 34.3 Å². The predicted octanol–water partition coefficient (Wildman–Crippen LogP) is 0.922. The Morgan fingerprint density at radius 1 is 1.50 bits per heavy atom. The molecule has 3 N–H and O–H groups in total. The van der Waals surface area contributed by atoms with Crippen LogP contribution in [0.2, 0.25) is 0 Å². The molecule has 5 heteroatoms. The first kappa shape index (κ1) is 13.2. The molecule has 1 aromatic carbocycles. The van der Waals surface area contributed by atoms with Gasteiger partial charge in [0.25, 0.3) is 5.91 Å². The zero-order valence-electron chi connectivity index (χ0n) is 8.90. The fourth-order valence-corrected chi connectivity index (χ4v) is 1.53. The lowest BCUT2D eigenvalue weighted by molar-refractivity contribution is 0.00319. The molecule has 0 bridgehead atoms. The van der Waals surface area contributed by atoms with Crippen LogP contribution in [-0.4, -0.2) is 34.9 Å². The summed E-state index contributed by atoms with van der Waals surface area (Å²) in [6, 6.07) is 7.00. The fourth-order valence-electron chi connectivity index (χ4n) is 1.07. The molecule has 1 aromatic rings. The van der Waals surface area contributed by atoms with Crippen LogP contribution in [0.25, 0.3) is 0 Å². The lowest BCUT2D eigenvalue weighted by Crippen LogP contribution is -2.43. The summed E-state index contributed by atoms with van der Waals surface area (Å²) in [7, 11) is 0. The molecule has 0 aliphatic rings. The van der Waals surface area contributed by atoms with E-state index in [0.29, 0.717) is 10.0 Å². The molecule has 0 saturated heterocycles. The molecule has 1 amide bonds. The summed E-state index contributed by atoms with van der Waals surface area (Å²) in [5, 5.41) is 20.9. The maximum absolute atomic E-state index is 11.7. The van der Waals surface area contributed by atoms with Crippen LogP contribution < -0.4 is 5.32 Å². The third-order valence-electron chi connectivity index (χ3n) is 2.09. The van der Waals surface area contributed by atoms with Crippen LogP contribution in [0.5, 0.6) is 0 Å². The molecule has 0 spiro atoms. The molecule has 0 radical (unpaired) electrons. The SMILES string of the molecule is CC(O)(CO)CNC(=O)c1ccccc1Br. The van der Waals surface area contributed by atoms with Gasteiger partial charge in [0.05, 0.1) is 12.2 Å². The van der Waals surface area contributed by atoms with Crippen molar-refractivity contribution in [2.24, 2.45) is 0 Å². The van der Waals surface area contributed by atoms with E-state index in [1.54, 1.807) is 18.2 Å². The summed E-state index contributed by atoms with van der Waals surface area (Å²) in [5.41, 5.74) is -0.798. The Morgan fingerprint density at radius 3 is 2.69 bits per heavy atom. The highest BCUT2D eigenvalue weighted by Gasteiger charge is 2.20. The van der Waals surface area contributed by atoms with Crippen LogP contribution in [0, 0.1) is 0 Å². The minimum atomic E-state index is -1.29. The van der Waals surface area contributed by atoms with Crippen molar-refractivity contribution in [1.82, 2.24) is 5.32 Å². The minimum absolute atomic E-state index is 0.00364. The third-order valence-corrected chi connectivity index (χ3v) is 2.78. The van der Waals surface area contributed by atoms with Gasteiger partial charge in [0.15, 0.2) is 0 Å². The quantitative estimate of drug-likeness (QED) is 0.771. The smallest absolute Gasteiger partial charge is 0.252 e. The molecule has 0 fully saturated rings. The van der Waals surface area contributed by atoms with Crippen molar-refractivity contribution in [2.75, 3.05) is 13.2 Å². The van der Waals surface area contributed by atoms with Crippen LogP contribution in [0.1, 0.15) is 17.3 Å². The van der Waals surface area contributed by atoms with E-state index in [1.807, 2.05) is 6.07 Å². The lowest BCUT2D eigenvalue weighted by atomic mass is 10.1. The number of hydrogen-bond donors (Lipinski definition) is 3. The average Bonchev–Trinajstić information content (AvgIpc) is 2.27. The number of rotatable bonds is 4. The average molecular weight is 288 g/mol. The zero-order valence-corrected chi connectivity index (χ0v) is 10.5. The van der Waals surface area contributed by atoms with Gasteiger partial charge in [-0.15, -0.1) is 0 Å². The van der Waals surface area contributed by atoms with Crippen molar-refractivity contribution in [3.63, 3.8) is 0 Å². The second-order valence-electron chi connectivity index (χ2n) is 3.82. The Labute approximate surface area is 102 Å². The number of nitrogens with one attached hydrogen (secondary N) is 1. The first-order chi connectivity index (χ1) is 7.46. The van der Waals surface area contributed by atoms with Gasteiger partial charge in [0, 0.05) is 11.0 Å². The van der Waals surface area contributed by atoms with Crippen molar-refractivity contribution in [1.29, 1.82) is 0 Å². The summed E-state index contributed by atoms with van der Waals surface area (Å²) >= 11 is 3.26. The van der Waals surface area contributed by atoms with Crippen LogP contribution in [0.4, 0.5) is 0 Å². The Hall–Kier alpha value is -0.910. The molecule has 0 aliphatic heterocycles. The predicted molar refractivity (Wildman–Crippen MR) is 64.2 cm³/mol. The van der Waals surface area contributed by atoms with Crippen LogP contribution in [0.3, 0.4) is 0 Å². The second kappa shape index (κ2) is 5.43. The van der Waals surface area contributed by atoms with Gasteiger partial charge in [-0.2, -0.15) is 0 Å². The topological polar surface area (TPSA) is 69.6 Å². The van der Waals surface area contributed by atoms with E-state index in [9.17, 15) is 9.90 Å². The molecule has 0 saturated carbocycles. The standard InChI is InChI=1S/C11H14BrNO3/c1-11(16,7-14)6-13-10(15)8-4-2-3-5-9(8)12/h2-5,14,16H,6-7H2,1H3,(H,13,15). The first-order valence-electron chi connectivity index (χ1n) is 4.82. The lowest BCUT2D eigenvalue weighted by Gasteiger charge is -2.20. The van der Waals surface area contributed by atoms with Gasteiger partial charge in [-0.3, -0.25) is 4.79 Å². The van der Waals surface area contributed by atoms with Crippen molar-refractivity contribution < 1.29 is 15.0 Å². The van der Waals surface area contributed by atoms with Crippen LogP contribution >= 0.6 is 15.9 Å². The van der Waals surface area contributed by atoms with Crippen LogP contribution in [-0.2, 0) is 0 Å². The monoisotopic (exact) mass is 287 g/mol. The third kappa shape index (κ3) is 3.59. The Bertz CT molecular complexity index is 379. The number of aliphatic hydroxyl groups excluding tert-OH is 1. The zero-order chi connectivity index (χ0) is 12.2. The second-order valence-corrected chi connectivity index (χ2v) is 4.67. The number of amides is 1. The number of carbonyl (C=O) groups is 1. The molecule has 1 atom stereocenters. The van der Waals surface area contributed by atoms with Gasteiger partial charge in [-0.25, -0.2) is 0 Å². The molecule has 0 heterocycles. The van der Waals surface area contributed by atoms with Crippen molar-refractivity contribution in [2.45, 2.75) is 12.5 Å². The van der Waals surface area contributed by atoms with E-state index >= 15 is 0 Å². The molecular formula is C11H14BrNO3. The van der Waals surface area contributed by atoms with E-state index in [0.717, 1.165) is 0 Å². The maximum Gasteiger partial charge on any atom is 0.252 e. The summed E-state index contributed by atoms with van der Waals surface area (Å²) < 4.78 is 0.691. The molecular weight excluding hydrogens is 274 g/mol. The highest BCUT2D eigenvalue weighted by atomic mass is 79.9. The normalized spacial score (nSPS) is 14.2. The van der Waals surface area contributed by atoms with E-state index in [1.165, 1.54) is 6.92 Å². The molecule has 1 unspecified atom stereocenters. The van der Waals surface area contributed by atoms with Crippen molar-refractivity contribution in [3.8, 4) is 0 Å². The number of benzene rings is 1. The van der Waals surface area contributed by atoms with Crippen molar-refractivity contribution >= 4 is 21.8 Å². The largest absolute Gasteiger partial charge is 0.393 e. The summed E-state index contributed by atoms with van der Waals surface area (Å²) in [5.74, 6) is -0.291. The minimum Gasteiger partial charge on any atom is -0.393 e. The molecule has 0 aromatic heterocycles. The van der Waals surface area contributed by atoms with Gasteiger partial charge in [-0.05, 0) is 35.0 Å². The van der Waals surface area contributed by atoms with Gasteiger partial charge < -0.3 is 15.5 Å². The highest BCUT2D eigenvalue weighted by Crippen LogP contribution is 2.15. The molecule has 0 aliphatic carbocycles. The molecule has 16 heavy (non-hydrogen) atoms. The van der Waals surface area contributed by atoms with E-state index in [4.69, 9.17) is 5.11 Å². The van der Waals surface area contributed by atoms with Gasteiger partial charge in [0.1, 0.15) is 5.60 Å². The summed E-state index contributed by atoms with van der Waals surface area (Å²) in [6.45, 7) is 1.06. The Kier molecular flexibility index (Phi) is 4.46. The number of hydrogen-bond acceptors (Lipinski definition) is 3. The first-order valence-corrected chi connectivity index (χ1v) is 5.61.